The molecular formula is C9H11F2NO2S. The first-order valence-electron chi connectivity index (χ1n) is 4.35. The van der Waals surface area contributed by atoms with Gasteiger partial charge >= 0.3 is 5.76 Å². The number of hydrogen-bond donors (Lipinski definition) is 1. The lowest BCUT2D eigenvalue weighted by atomic mass is 10.3. The zero-order chi connectivity index (χ0) is 11.5. The third kappa shape index (κ3) is 2.44. The Labute approximate surface area is 87.0 Å². The molecule has 0 saturated carbocycles. The summed E-state index contributed by atoms with van der Waals surface area (Å²) in [5.74, 6) is -3.39. The lowest BCUT2D eigenvalue weighted by Gasteiger charge is -2.10. The summed E-state index contributed by atoms with van der Waals surface area (Å²) in [6.45, 7) is 2.22. The SMILES string of the molecule is CCNc1ccccc1S(=O)(=O)C(F)F. The van der Waals surface area contributed by atoms with Crippen LogP contribution in [0, 0.1) is 0 Å². The van der Waals surface area contributed by atoms with E-state index in [-0.39, 0.29) is 10.6 Å². The zero-order valence-corrected chi connectivity index (χ0v) is 8.89. The number of rotatable bonds is 4. The predicted molar refractivity (Wildman–Crippen MR) is 53.8 cm³/mol. The van der Waals surface area contributed by atoms with Gasteiger partial charge in [0, 0.05) is 6.54 Å². The quantitative estimate of drug-likeness (QED) is 0.869. The minimum atomic E-state index is -4.53. The van der Waals surface area contributed by atoms with E-state index >= 15 is 0 Å². The van der Waals surface area contributed by atoms with Crippen LogP contribution in [0.25, 0.3) is 0 Å². The molecule has 84 valence electrons. The lowest BCUT2D eigenvalue weighted by molar-refractivity contribution is 0.235. The van der Waals surface area contributed by atoms with Crippen LogP contribution in [0.4, 0.5) is 14.5 Å². The van der Waals surface area contributed by atoms with E-state index in [4.69, 9.17) is 0 Å². The Morgan fingerprint density at radius 1 is 1.33 bits per heavy atom. The Morgan fingerprint density at radius 2 is 1.93 bits per heavy atom. The van der Waals surface area contributed by atoms with Gasteiger partial charge in [-0.25, -0.2) is 8.42 Å². The lowest BCUT2D eigenvalue weighted by Crippen LogP contribution is -2.14. The summed E-state index contributed by atoms with van der Waals surface area (Å²) in [4.78, 5) is -0.359. The molecule has 0 aliphatic rings. The van der Waals surface area contributed by atoms with Gasteiger partial charge in [0.2, 0.25) is 9.84 Å². The van der Waals surface area contributed by atoms with Crippen molar-refractivity contribution in [2.45, 2.75) is 17.6 Å². The van der Waals surface area contributed by atoms with Crippen molar-refractivity contribution >= 4 is 15.5 Å². The Balaban J connectivity index is 3.25. The average molecular weight is 235 g/mol. The molecule has 0 atom stereocenters. The highest BCUT2D eigenvalue weighted by Gasteiger charge is 2.28. The van der Waals surface area contributed by atoms with Crippen molar-refractivity contribution in [3.8, 4) is 0 Å². The van der Waals surface area contributed by atoms with Crippen LogP contribution in [-0.2, 0) is 9.84 Å². The molecule has 0 aliphatic carbocycles. The van der Waals surface area contributed by atoms with E-state index in [0.717, 1.165) is 0 Å². The summed E-state index contributed by atoms with van der Waals surface area (Å²) in [6, 6.07) is 5.62. The van der Waals surface area contributed by atoms with Crippen molar-refractivity contribution in [2.75, 3.05) is 11.9 Å². The molecule has 0 unspecified atom stereocenters. The molecule has 0 amide bonds. The molecule has 15 heavy (non-hydrogen) atoms. The van der Waals surface area contributed by atoms with Gasteiger partial charge in [0.05, 0.1) is 10.6 Å². The van der Waals surface area contributed by atoms with Crippen molar-refractivity contribution in [3.05, 3.63) is 24.3 Å². The number of anilines is 1. The molecule has 0 aliphatic heterocycles. The summed E-state index contributed by atoms with van der Waals surface area (Å²) >= 11 is 0. The molecule has 1 aromatic rings. The van der Waals surface area contributed by atoms with Gasteiger partial charge in [0.25, 0.3) is 0 Å². The summed E-state index contributed by atoms with van der Waals surface area (Å²) in [5.41, 5.74) is 0.209. The largest absolute Gasteiger partial charge is 0.384 e. The number of sulfone groups is 1. The molecule has 0 heterocycles. The van der Waals surface area contributed by atoms with E-state index in [1.165, 1.54) is 18.2 Å². The zero-order valence-electron chi connectivity index (χ0n) is 8.07. The number of halogens is 2. The third-order valence-corrected chi connectivity index (χ3v) is 3.23. The van der Waals surface area contributed by atoms with Crippen molar-refractivity contribution in [2.24, 2.45) is 0 Å². The molecule has 0 bridgehead atoms. The highest BCUT2D eigenvalue weighted by Crippen LogP contribution is 2.25. The molecule has 1 aromatic carbocycles. The molecule has 1 N–H and O–H groups in total. The highest BCUT2D eigenvalue weighted by molar-refractivity contribution is 7.91. The van der Waals surface area contributed by atoms with Gasteiger partial charge in [-0.15, -0.1) is 0 Å². The molecule has 6 heteroatoms. The first-order valence-corrected chi connectivity index (χ1v) is 5.89. The maximum atomic E-state index is 12.3. The second-order valence-corrected chi connectivity index (χ2v) is 4.72. The van der Waals surface area contributed by atoms with Gasteiger partial charge < -0.3 is 5.32 Å². The fraction of sp³-hybridized carbons (Fsp3) is 0.333. The van der Waals surface area contributed by atoms with Crippen LogP contribution >= 0.6 is 0 Å². The van der Waals surface area contributed by atoms with E-state index in [0.29, 0.717) is 6.54 Å². The molecule has 0 spiro atoms. The Kier molecular flexibility index (Phi) is 3.62. The standard InChI is InChI=1S/C9H11F2NO2S/c1-2-12-7-5-3-4-6-8(7)15(13,14)9(10)11/h3-6,9,12H,2H2,1H3. The highest BCUT2D eigenvalue weighted by atomic mass is 32.2. The number of hydrogen-bond acceptors (Lipinski definition) is 3. The Morgan fingerprint density at radius 3 is 2.47 bits per heavy atom. The minimum Gasteiger partial charge on any atom is -0.384 e. The van der Waals surface area contributed by atoms with Crippen molar-refractivity contribution in [1.82, 2.24) is 0 Å². The van der Waals surface area contributed by atoms with Crippen LogP contribution in [0.1, 0.15) is 6.92 Å². The first-order chi connectivity index (χ1) is 7.00. The molecular weight excluding hydrogens is 224 g/mol. The third-order valence-electron chi connectivity index (χ3n) is 1.80. The summed E-state index contributed by atoms with van der Waals surface area (Å²) in [7, 11) is -4.53. The van der Waals surface area contributed by atoms with Crippen molar-refractivity contribution < 1.29 is 17.2 Å². The van der Waals surface area contributed by atoms with Gasteiger partial charge in [-0.1, -0.05) is 12.1 Å². The van der Waals surface area contributed by atoms with Gasteiger partial charge in [0.15, 0.2) is 0 Å². The van der Waals surface area contributed by atoms with Gasteiger partial charge in [0.1, 0.15) is 0 Å². The number of nitrogens with one attached hydrogen (secondary N) is 1. The normalized spacial score (nSPS) is 11.7. The Bertz CT molecular complexity index is 431. The second kappa shape index (κ2) is 4.57. The van der Waals surface area contributed by atoms with Crippen LogP contribution in [0.2, 0.25) is 0 Å². The first kappa shape index (κ1) is 11.9. The second-order valence-electron chi connectivity index (χ2n) is 2.83. The van der Waals surface area contributed by atoms with E-state index < -0.39 is 15.6 Å². The van der Waals surface area contributed by atoms with Crippen molar-refractivity contribution in [1.29, 1.82) is 0 Å². The van der Waals surface area contributed by atoms with Crippen LogP contribution in [0.15, 0.2) is 29.2 Å². The minimum absolute atomic E-state index is 0.209. The molecule has 1 rings (SSSR count). The number of benzene rings is 1. The molecule has 0 radical (unpaired) electrons. The fourth-order valence-corrected chi connectivity index (χ4v) is 2.05. The smallest absolute Gasteiger partial charge is 0.341 e. The molecule has 0 aromatic heterocycles. The molecule has 3 nitrogen and oxygen atoms in total. The van der Waals surface area contributed by atoms with Crippen molar-refractivity contribution in [3.63, 3.8) is 0 Å². The Hall–Kier alpha value is -1.17. The van der Waals surface area contributed by atoms with E-state index in [1.54, 1.807) is 13.0 Å². The van der Waals surface area contributed by atoms with Gasteiger partial charge in [-0.3, -0.25) is 0 Å². The monoisotopic (exact) mass is 235 g/mol. The average Bonchev–Trinajstić information content (AvgIpc) is 2.18. The molecule has 0 saturated heterocycles. The van der Waals surface area contributed by atoms with Gasteiger partial charge in [-0.05, 0) is 19.1 Å². The van der Waals surface area contributed by atoms with Crippen LogP contribution < -0.4 is 5.32 Å². The predicted octanol–water partition coefficient (Wildman–Crippen LogP) is 2.11. The maximum Gasteiger partial charge on any atom is 0.341 e. The topological polar surface area (TPSA) is 46.2 Å². The van der Waals surface area contributed by atoms with E-state index in [2.05, 4.69) is 5.32 Å². The summed E-state index contributed by atoms with van der Waals surface area (Å²) in [6.07, 6.45) is 0. The van der Waals surface area contributed by atoms with E-state index in [9.17, 15) is 17.2 Å². The number of alkyl halides is 2. The maximum absolute atomic E-state index is 12.3. The molecule has 0 fully saturated rings. The van der Waals surface area contributed by atoms with Gasteiger partial charge in [-0.2, -0.15) is 8.78 Å². The fourth-order valence-electron chi connectivity index (χ4n) is 1.15. The van der Waals surface area contributed by atoms with Crippen LogP contribution in [-0.4, -0.2) is 20.7 Å². The van der Waals surface area contributed by atoms with E-state index in [1.807, 2.05) is 0 Å². The summed E-state index contributed by atoms with van der Waals surface area (Å²) in [5, 5.41) is 2.72. The van der Waals surface area contributed by atoms with Crippen LogP contribution in [0.5, 0.6) is 0 Å². The number of para-hydroxylation sites is 1. The van der Waals surface area contributed by atoms with Crippen LogP contribution in [0.3, 0.4) is 0 Å². The summed E-state index contributed by atoms with van der Waals surface area (Å²) < 4.78 is 47.1.